The first-order valence-electron chi connectivity index (χ1n) is 6.35. The van der Waals surface area contributed by atoms with Gasteiger partial charge in [0.1, 0.15) is 0 Å². The third-order valence-corrected chi connectivity index (χ3v) is 2.88. The SMILES string of the molecule is CC(C)Cn1nccc1CNCc1ccnn1C. The summed E-state index contributed by atoms with van der Waals surface area (Å²) in [7, 11) is 1.96. The Morgan fingerprint density at radius 2 is 1.78 bits per heavy atom. The summed E-state index contributed by atoms with van der Waals surface area (Å²) in [5.41, 5.74) is 2.41. The number of hydrogen-bond acceptors (Lipinski definition) is 3. The third kappa shape index (κ3) is 3.20. The summed E-state index contributed by atoms with van der Waals surface area (Å²) in [6.07, 6.45) is 3.68. The molecule has 2 heterocycles. The van der Waals surface area contributed by atoms with Gasteiger partial charge in [-0.3, -0.25) is 9.36 Å². The van der Waals surface area contributed by atoms with E-state index in [2.05, 4.69) is 40.1 Å². The number of nitrogens with zero attached hydrogens (tertiary/aromatic N) is 4. The van der Waals surface area contributed by atoms with Crippen molar-refractivity contribution in [3.05, 3.63) is 35.9 Å². The molecule has 0 aliphatic heterocycles. The molecule has 18 heavy (non-hydrogen) atoms. The summed E-state index contributed by atoms with van der Waals surface area (Å²) in [4.78, 5) is 0. The summed E-state index contributed by atoms with van der Waals surface area (Å²) in [5, 5.41) is 11.9. The van der Waals surface area contributed by atoms with E-state index in [1.165, 1.54) is 11.4 Å². The molecule has 0 atom stereocenters. The minimum atomic E-state index is 0.612. The van der Waals surface area contributed by atoms with Crippen LogP contribution in [0.3, 0.4) is 0 Å². The predicted octanol–water partition coefficient (Wildman–Crippen LogP) is 1.56. The van der Waals surface area contributed by atoms with Crippen molar-refractivity contribution in [3.8, 4) is 0 Å². The standard InChI is InChI=1S/C13H21N5/c1-11(2)10-18-13(5-7-16-18)9-14-8-12-4-6-15-17(12)3/h4-7,11,14H,8-10H2,1-3H3. The van der Waals surface area contributed by atoms with Crippen LogP contribution in [0, 0.1) is 5.92 Å². The highest BCUT2D eigenvalue weighted by atomic mass is 15.3. The van der Waals surface area contributed by atoms with Gasteiger partial charge in [0, 0.05) is 39.1 Å². The second-order valence-corrected chi connectivity index (χ2v) is 4.95. The fraction of sp³-hybridized carbons (Fsp3) is 0.538. The van der Waals surface area contributed by atoms with Crippen molar-refractivity contribution in [1.29, 1.82) is 0 Å². The Labute approximate surface area is 108 Å². The highest BCUT2D eigenvalue weighted by Crippen LogP contribution is 2.04. The molecular formula is C13H21N5. The molecule has 5 nitrogen and oxygen atoms in total. The van der Waals surface area contributed by atoms with Crippen molar-refractivity contribution in [2.75, 3.05) is 0 Å². The van der Waals surface area contributed by atoms with Crippen molar-refractivity contribution in [2.45, 2.75) is 33.5 Å². The summed E-state index contributed by atoms with van der Waals surface area (Å²) in [6, 6.07) is 4.09. The van der Waals surface area contributed by atoms with Crippen LogP contribution in [-0.2, 0) is 26.7 Å². The van der Waals surface area contributed by atoms with Gasteiger partial charge in [-0.1, -0.05) is 13.8 Å². The molecule has 0 bridgehead atoms. The van der Waals surface area contributed by atoms with Gasteiger partial charge < -0.3 is 5.32 Å². The number of rotatable bonds is 6. The lowest BCUT2D eigenvalue weighted by Gasteiger charge is -2.10. The molecule has 98 valence electrons. The van der Waals surface area contributed by atoms with Crippen LogP contribution in [0.2, 0.25) is 0 Å². The average molecular weight is 247 g/mol. The molecule has 5 heteroatoms. The Morgan fingerprint density at radius 1 is 1.11 bits per heavy atom. The van der Waals surface area contributed by atoms with Gasteiger partial charge >= 0.3 is 0 Å². The maximum absolute atomic E-state index is 4.35. The van der Waals surface area contributed by atoms with Crippen LogP contribution in [0.4, 0.5) is 0 Å². The zero-order valence-corrected chi connectivity index (χ0v) is 11.3. The van der Waals surface area contributed by atoms with Crippen molar-refractivity contribution in [2.24, 2.45) is 13.0 Å². The monoisotopic (exact) mass is 247 g/mol. The zero-order valence-electron chi connectivity index (χ0n) is 11.3. The van der Waals surface area contributed by atoms with Crippen LogP contribution in [0.25, 0.3) is 0 Å². The summed E-state index contributed by atoms with van der Waals surface area (Å²) in [5.74, 6) is 0.612. The maximum atomic E-state index is 4.35. The number of aromatic nitrogens is 4. The van der Waals surface area contributed by atoms with Gasteiger partial charge in [-0.2, -0.15) is 10.2 Å². The fourth-order valence-electron chi connectivity index (χ4n) is 1.91. The second-order valence-electron chi connectivity index (χ2n) is 4.95. The Balaban J connectivity index is 1.87. The van der Waals surface area contributed by atoms with Crippen LogP contribution < -0.4 is 5.32 Å². The Hall–Kier alpha value is -1.62. The van der Waals surface area contributed by atoms with Gasteiger partial charge in [0.25, 0.3) is 0 Å². The van der Waals surface area contributed by atoms with E-state index in [9.17, 15) is 0 Å². The summed E-state index contributed by atoms with van der Waals surface area (Å²) >= 11 is 0. The first-order valence-corrected chi connectivity index (χ1v) is 6.35. The van der Waals surface area contributed by atoms with Gasteiger partial charge in [0.2, 0.25) is 0 Å². The van der Waals surface area contributed by atoms with Gasteiger partial charge in [0.15, 0.2) is 0 Å². The minimum absolute atomic E-state index is 0.612. The van der Waals surface area contributed by atoms with E-state index in [4.69, 9.17) is 0 Å². The lowest BCUT2D eigenvalue weighted by molar-refractivity contribution is 0.460. The maximum Gasteiger partial charge on any atom is 0.0522 e. The lowest BCUT2D eigenvalue weighted by Crippen LogP contribution is -2.19. The first kappa shape index (κ1) is 12.8. The Bertz CT molecular complexity index is 483. The van der Waals surface area contributed by atoms with Gasteiger partial charge in [-0.15, -0.1) is 0 Å². The Morgan fingerprint density at radius 3 is 2.44 bits per heavy atom. The molecule has 0 spiro atoms. The van der Waals surface area contributed by atoms with E-state index in [1.54, 1.807) is 0 Å². The van der Waals surface area contributed by atoms with Crippen molar-refractivity contribution < 1.29 is 0 Å². The van der Waals surface area contributed by atoms with Crippen LogP contribution >= 0.6 is 0 Å². The molecule has 2 aromatic rings. The molecule has 2 rings (SSSR count). The molecule has 0 saturated heterocycles. The topological polar surface area (TPSA) is 47.7 Å². The van der Waals surface area contributed by atoms with Crippen LogP contribution in [-0.4, -0.2) is 19.6 Å². The van der Waals surface area contributed by atoms with Gasteiger partial charge in [0.05, 0.1) is 11.4 Å². The molecule has 0 fully saturated rings. The Kier molecular flexibility index (Phi) is 4.15. The number of aryl methyl sites for hydroxylation is 1. The predicted molar refractivity (Wildman–Crippen MR) is 70.8 cm³/mol. The molecule has 0 aliphatic carbocycles. The lowest BCUT2D eigenvalue weighted by atomic mass is 10.2. The van der Waals surface area contributed by atoms with Crippen molar-refractivity contribution in [1.82, 2.24) is 24.9 Å². The molecule has 0 amide bonds. The first-order chi connectivity index (χ1) is 8.66. The number of nitrogens with one attached hydrogen (secondary N) is 1. The molecule has 0 aromatic carbocycles. The van der Waals surface area contributed by atoms with E-state index >= 15 is 0 Å². The highest BCUT2D eigenvalue weighted by molar-refractivity contribution is 5.02. The highest BCUT2D eigenvalue weighted by Gasteiger charge is 2.04. The average Bonchev–Trinajstić information content (AvgIpc) is 2.89. The quantitative estimate of drug-likeness (QED) is 0.842. The molecule has 2 aromatic heterocycles. The summed E-state index contributed by atoms with van der Waals surface area (Å²) < 4.78 is 3.96. The van der Waals surface area contributed by atoms with Crippen LogP contribution in [0.15, 0.2) is 24.5 Å². The normalized spacial score (nSPS) is 11.3. The minimum Gasteiger partial charge on any atom is -0.306 e. The number of hydrogen-bond donors (Lipinski definition) is 1. The van der Waals surface area contributed by atoms with Crippen LogP contribution in [0.1, 0.15) is 25.2 Å². The van der Waals surface area contributed by atoms with E-state index < -0.39 is 0 Å². The van der Waals surface area contributed by atoms with E-state index in [0.29, 0.717) is 5.92 Å². The van der Waals surface area contributed by atoms with Crippen molar-refractivity contribution in [3.63, 3.8) is 0 Å². The largest absolute Gasteiger partial charge is 0.306 e. The second kappa shape index (κ2) is 5.82. The van der Waals surface area contributed by atoms with Crippen molar-refractivity contribution >= 4 is 0 Å². The van der Waals surface area contributed by atoms with Crippen LogP contribution in [0.5, 0.6) is 0 Å². The molecular weight excluding hydrogens is 226 g/mol. The smallest absolute Gasteiger partial charge is 0.0522 e. The molecule has 1 N–H and O–H groups in total. The summed E-state index contributed by atoms with van der Waals surface area (Å²) in [6.45, 7) is 7.03. The van der Waals surface area contributed by atoms with E-state index in [1.807, 2.05) is 30.2 Å². The van der Waals surface area contributed by atoms with E-state index in [-0.39, 0.29) is 0 Å². The van der Waals surface area contributed by atoms with E-state index in [0.717, 1.165) is 19.6 Å². The third-order valence-electron chi connectivity index (χ3n) is 2.88. The zero-order chi connectivity index (χ0) is 13.0. The molecule has 0 radical (unpaired) electrons. The molecule has 0 saturated carbocycles. The molecule has 0 unspecified atom stereocenters. The fourth-order valence-corrected chi connectivity index (χ4v) is 1.91. The van der Waals surface area contributed by atoms with Gasteiger partial charge in [-0.25, -0.2) is 0 Å². The van der Waals surface area contributed by atoms with Gasteiger partial charge in [-0.05, 0) is 18.1 Å². The molecule has 0 aliphatic rings.